The van der Waals surface area contributed by atoms with Crippen molar-refractivity contribution in [2.45, 2.75) is 6.92 Å². The lowest BCUT2D eigenvalue weighted by molar-refractivity contribution is -0.118. The predicted octanol–water partition coefficient (Wildman–Crippen LogP) is 4.60. The van der Waals surface area contributed by atoms with Gasteiger partial charge in [-0.15, -0.1) is 0 Å². The number of amides is 1. The van der Waals surface area contributed by atoms with Crippen LogP contribution in [0, 0.1) is 0 Å². The van der Waals surface area contributed by atoms with Gasteiger partial charge in [0.15, 0.2) is 6.61 Å². The number of rotatable bonds is 8. The summed E-state index contributed by atoms with van der Waals surface area (Å²) in [6.07, 6.45) is 0. The Labute approximate surface area is 190 Å². The van der Waals surface area contributed by atoms with Crippen LogP contribution < -0.4 is 10.1 Å². The highest BCUT2D eigenvalue weighted by molar-refractivity contribution is 5.93. The van der Waals surface area contributed by atoms with Crippen molar-refractivity contribution >= 4 is 17.6 Å². The Morgan fingerprint density at radius 2 is 1.67 bits per heavy atom. The van der Waals surface area contributed by atoms with E-state index in [4.69, 9.17) is 14.0 Å². The van der Waals surface area contributed by atoms with E-state index in [0.717, 1.165) is 5.56 Å². The normalized spacial score (nSPS) is 10.5. The van der Waals surface area contributed by atoms with Crippen molar-refractivity contribution in [2.75, 3.05) is 18.5 Å². The van der Waals surface area contributed by atoms with E-state index in [1.54, 1.807) is 49.4 Å². The molecule has 0 saturated heterocycles. The van der Waals surface area contributed by atoms with Crippen molar-refractivity contribution < 1.29 is 23.6 Å². The fourth-order valence-corrected chi connectivity index (χ4v) is 3.05. The van der Waals surface area contributed by atoms with Gasteiger partial charge in [-0.3, -0.25) is 4.79 Å². The van der Waals surface area contributed by atoms with Gasteiger partial charge in [0.1, 0.15) is 5.75 Å². The molecule has 8 heteroatoms. The van der Waals surface area contributed by atoms with Crippen LogP contribution in [0.1, 0.15) is 17.3 Å². The summed E-state index contributed by atoms with van der Waals surface area (Å²) in [4.78, 5) is 28.5. The summed E-state index contributed by atoms with van der Waals surface area (Å²) in [5.74, 6) is 0.424. The monoisotopic (exact) mass is 443 g/mol. The highest BCUT2D eigenvalue weighted by Gasteiger charge is 2.16. The lowest BCUT2D eigenvalue weighted by atomic mass is 10.2. The zero-order valence-electron chi connectivity index (χ0n) is 17.9. The van der Waals surface area contributed by atoms with Crippen LogP contribution in [0.2, 0.25) is 0 Å². The fourth-order valence-electron chi connectivity index (χ4n) is 3.05. The number of carbonyl (C=O) groups is 2. The van der Waals surface area contributed by atoms with Gasteiger partial charge in [-0.25, -0.2) is 4.79 Å². The van der Waals surface area contributed by atoms with E-state index in [-0.39, 0.29) is 12.5 Å². The molecule has 0 aliphatic carbocycles. The van der Waals surface area contributed by atoms with Crippen LogP contribution in [0.5, 0.6) is 5.75 Å². The number of benzene rings is 3. The van der Waals surface area contributed by atoms with E-state index < -0.39 is 5.97 Å². The summed E-state index contributed by atoms with van der Waals surface area (Å²) in [6.45, 7) is 1.81. The van der Waals surface area contributed by atoms with Crippen LogP contribution in [0.4, 0.5) is 5.69 Å². The van der Waals surface area contributed by atoms with Gasteiger partial charge in [0.2, 0.25) is 5.82 Å². The number of carbonyl (C=O) groups excluding carboxylic acids is 2. The van der Waals surface area contributed by atoms with E-state index in [1.807, 2.05) is 36.4 Å². The number of nitrogens with zero attached hydrogens (tertiary/aromatic N) is 2. The summed E-state index contributed by atoms with van der Waals surface area (Å²) < 4.78 is 16.1. The van der Waals surface area contributed by atoms with Crippen LogP contribution in [0.3, 0.4) is 0 Å². The molecule has 0 saturated carbocycles. The highest BCUT2D eigenvalue weighted by Crippen LogP contribution is 2.30. The Hall–Kier alpha value is -4.46. The van der Waals surface area contributed by atoms with Crippen LogP contribution >= 0.6 is 0 Å². The zero-order chi connectivity index (χ0) is 23.0. The van der Waals surface area contributed by atoms with E-state index in [0.29, 0.717) is 40.9 Å². The minimum absolute atomic E-state index is 0.226. The molecular formula is C25H21N3O5. The molecular weight excluding hydrogens is 422 g/mol. The average molecular weight is 443 g/mol. The van der Waals surface area contributed by atoms with Gasteiger partial charge in [0.05, 0.1) is 17.7 Å². The molecule has 0 spiro atoms. The van der Waals surface area contributed by atoms with Crippen molar-refractivity contribution in [3.63, 3.8) is 0 Å². The second-order valence-corrected chi connectivity index (χ2v) is 6.92. The molecule has 0 bridgehead atoms. The lowest BCUT2D eigenvalue weighted by Gasteiger charge is -2.10. The first kappa shape index (κ1) is 21.8. The molecule has 0 aliphatic heterocycles. The molecule has 1 N–H and O–H groups in total. The molecule has 1 amide bonds. The van der Waals surface area contributed by atoms with Gasteiger partial charge < -0.3 is 19.3 Å². The molecule has 4 aromatic rings. The van der Waals surface area contributed by atoms with Gasteiger partial charge in [-0.05, 0) is 43.3 Å². The fraction of sp³-hybridized carbons (Fsp3) is 0.120. The molecule has 3 aromatic carbocycles. The number of para-hydroxylation sites is 1. The van der Waals surface area contributed by atoms with Crippen LogP contribution in [0.15, 0.2) is 83.4 Å². The first-order valence-electron chi connectivity index (χ1n) is 10.3. The van der Waals surface area contributed by atoms with Gasteiger partial charge in [-0.2, -0.15) is 4.98 Å². The summed E-state index contributed by atoms with van der Waals surface area (Å²) >= 11 is 0. The standard InChI is InChI=1S/C25H21N3O5/c1-2-31-25(30)18-12-14-19(15-13-18)26-22(29)16-32-21-11-7-6-10-20(21)24-27-23(28-33-24)17-8-4-3-5-9-17/h3-15H,2,16H2,1H3,(H,26,29). The second-order valence-electron chi connectivity index (χ2n) is 6.92. The Balaban J connectivity index is 1.40. The molecule has 0 unspecified atom stereocenters. The topological polar surface area (TPSA) is 104 Å². The molecule has 0 radical (unpaired) electrons. The van der Waals surface area contributed by atoms with Gasteiger partial charge in [-0.1, -0.05) is 47.6 Å². The number of ether oxygens (including phenoxy) is 2. The maximum atomic E-state index is 12.4. The van der Waals surface area contributed by atoms with Crippen molar-refractivity contribution in [1.29, 1.82) is 0 Å². The summed E-state index contributed by atoms with van der Waals surface area (Å²) in [5.41, 5.74) is 2.36. The number of anilines is 1. The molecule has 0 atom stereocenters. The van der Waals surface area contributed by atoms with E-state index >= 15 is 0 Å². The molecule has 0 fully saturated rings. The molecule has 0 aliphatic rings. The van der Waals surface area contributed by atoms with Crippen LogP contribution in [0.25, 0.3) is 22.8 Å². The smallest absolute Gasteiger partial charge is 0.338 e. The van der Waals surface area contributed by atoms with Crippen molar-refractivity contribution in [2.24, 2.45) is 0 Å². The molecule has 8 nitrogen and oxygen atoms in total. The van der Waals surface area contributed by atoms with Crippen LogP contribution in [-0.2, 0) is 9.53 Å². The predicted molar refractivity (Wildman–Crippen MR) is 122 cm³/mol. The Morgan fingerprint density at radius 3 is 2.42 bits per heavy atom. The number of aromatic nitrogens is 2. The van der Waals surface area contributed by atoms with Crippen molar-refractivity contribution in [3.05, 3.63) is 84.4 Å². The first-order valence-corrected chi connectivity index (χ1v) is 10.3. The van der Waals surface area contributed by atoms with E-state index in [1.165, 1.54) is 0 Å². The Kier molecular flexibility index (Phi) is 6.75. The van der Waals surface area contributed by atoms with Gasteiger partial charge in [0, 0.05) is 11.3 Å². The molecule has 166 valence electrons. The summed E-state index contributed by atoms with van der Waals surface area (Å²) in [5, 5.41) is 6.76. The van der Waals surface area contributed by atoms with Crippen molar-refractivity contribution in [1.82, 2.24) is 10.1 Å². The molecule has 1 aromatic heterocycles. The van der Waals surface area contributed by atoms with Crippen molar-refractivity contribution in [3.8, 4) is 28.6 Å². The maximum absolute atomic E-state index is 12.4. The Morgan fingerprint density at radius 1 is 0.939 bits per heavy atom. The third-order valence-electron chi connectivity index (χ3n) is 4.61. The average Bonchev–Trinajstić information content (AvgIpc) is 3.34. The van der Waals surface area contributed by atoms with Gasteiger partial charge >= 0.3 is 5.97 Å². The zero-order valence-corrected chi connectivity index (χ0v) is 17.9. The first-order chi connectivity index (χ1) is 16.1. The quantitative estimate of drug-likeness (QED) is 0.397. The lowest BCUT2D eigenvalue weighted by Crippen LogP contribution is -2.20. The van der Waals surface area contributed by atoms with Crippen LogP contribution in [-0.4, -0.2) is 35.2 Å². The molecule has 33 heavy (non-hydrogen) atoms. The minimum atomic E-state index is -0.410. The van der Waals surface area contributed by atoms with Gasteiger partial charge in [0.25, 0.3) is 11.8 Å². The maximum Gasteiger partial charge on any atom is 0.338 e. The highest BCUT2D eigenvalue weighted by atomic mass is 16.5. The summed E-state index contributed by atoms with van der Waals surface area (Å²) in [7, 11) is 0. The third-order valence-corrected chi connectivity index (χ3v) is 4.61. The number of nitrogens with one attached hydrogen (secondary N) is 1. The second kappa shape index (κ2) is 10.2. The largest absolute Gasteiger partial charge is 0.483 e. The minimum Gasteiger partial charge on any atom is -0.483 e. The summed E-state index contributed by atoms with van der Waals surface area (Å²) in [6, 6.07) is 23.0. The number of hydrogen-bond acceptors (Lipinski definition) is 7. The number of esters is 1. The molecule has 1 heterocycles. The SMILES string of the molecule is CCOC(=O)c1ccc(NC(=O)COc2ccccc2-c2nc(-c3ccccc3)no2)cc1. The van der Waals surface area contributed by atoms with E-state index in [2.05, 4.69) is 15.5 Å². The third kappa shape index (κ3) is 5.43. The number of hydrogen-bond donors (Lipinski definition) is 1. The van der Waals surface area contributed by atoms with E-state index in [9.17, 15) is 9.59 Å². The molecule has 4 rings (SSSR count). The Bertz CT molecular complexity index is 1240.